The van der Waals surface area contributed by atoms with Crippen molar-refractivity contribution < 1.29 is 26.4 Å². The zero-order valence-corrected chi connectivity index (χ0v) is 19.9. The lowest BCUT2D eigenvalue weighted by Gasteiger charge is -2.39. The molecule has 0 saturated carbocycles. The van der Waals surface area contributed by atoms with Gasteiger partial charge in [0.1, 0.15) is 0 Å². The van der Waals surface area contributed by atoms with Gasteiger partial charge >= 0.3 is 6.18 Å². The number of anilines is 1. The highest BCUT2D eigenvalue weighted by Crippen LogP contribution is 2.32. The number of amides is 1. The zero-order valence-electron chi connectivity index (χ0n) is 18.3. The van der Waals surface area contributed by atoms with Crippen LogP contribution in [0.1, 0.15) is 18.4 Å². The molecule has 0 aliphatic carbocycles. The molecule has 2 saturated heterocycles. The molecule has 2 aromatic carbocycles. The van der Waals surface area contributed by atoms with E-state index in [9.17, 15) is 26.4 Å². The predicted molar refractivity (Wildman–Crippen MR) is 123 cm³/mol. The van der Waals surface area contributed by atoms with Gasteiger partial charge in [0.25, 0.3) is 0 Å². The van der Waals surface area contributed by atoms with E-state index in [4.69, 9.17) is 11.6 Å². The smallest absolute Gasteiger partial charge is 0.368 e. The number of rotatable bonds is 4. The van der Waals surface area contributed by atoms with E-state index in [0.29, 0.717) is 56.3 Å². The van der Waals surface area contributed by atoms with Gasteiger partial charge in [-0.3, -0.25) is 4.79 Å². The van der Waals surface area contributed by atoms with Gasteiger partial charge in [0.2, 0.25) is 15.9 Å². The summed E-state index contributed by atoms with van der Waals surface area (Å²) in [4.78, 5) is 16.8. The van der Waals surface area contributed by atoms with Crippen molar-refractivity contribution in [1.82, 2.24) is 9.21 Å². The minimum atomic E-state index is -4.41. The van der Waals surface area contributed by atoms with Crippen LogP contribution in [0.25, 0.3) is 0 Å². The van der Waals surface area contributed by atoms with Gasteiger partial charge in [-0.05, 0) is 55.3 Å². The van der Waals surface area contributed by atoms with Crippen molar-refractivity contribution in [2.24, 2.45) is 5.92 Å². The van der Waals surface area contributed by atoms with Crippen LogP contribution >= 0.6 is 11.6 Å². The maximum atomic E-state index is 13.2. The Bertz CT molecular complexity index is 1130. The van der Waals surface area contributed by atoms with Crippen LogP contribution in [0.5, 0.6) is 0 Å². The summed E-state index contributed by atoms with van der Waals surface area (Å²) in [7, 11) is -3.73. The van der Waals surface area contributed by atoms with Crippen molar-refractivity contribution in [3.05, 3.63) is 59.1 Å². The summed E-state index contributed by atoms with van der Waals surface area (Å²) in [5, 5.41) is 0.440. The van der Waals surface area contributed by atoms with Gasteiger partial charge in [0.15, 0.2) is 0 Å². The summed E-state index contributed by atoms with van der Waals surface area (Å²) < 4.78 is 66.5. The first kappa shape index (κ1) is 24.8. The fourth-order valence-electron chi connectivity index (χ4n) is 4.44. The Morgan fingerprint density at radius 1 is 0.971 bits per heavy atom. The predicted octanol–water partition coefficient (Wildman–Crippen LogP) is 4.11. The number of nitrogens with zero attached hydrogens (tertiary/aromatic N) is 3. The second-order valence-corrected chi connectivity index (χ2v) is 10.9. The van der Waals surface area contributed by atoms with E-state index in [0.717, 1.165) is 12.1 Å². The SMILES string of the molecule is O=C([C@H]1CCCN(S(=O)(=O)c2ccc(Cl)cc2)C1)N1CCN(c2cccc(C(F)(F)F)c2)CC1. The fourth-order valence-corrected chi connectivity index (χ4v) is 6.09. The molecule has 2 heterocycles. The summed E-state index contributed by atoms with van der Waals surface area (Å²) in [6.45, 7) is 2.01. The minimum Gasteiger partial charge on any atom is -0.368 e. The molecule has 0 N–H and O–H groups in total. The highest BCUT2D eigenvalue weighted by Gasteiger charge is 2.36. The number of halogens is 4. The lowest BCUT2D eigenvalue weighted by atomic mass is 9.97. The Morgan fingerprint density at radius 3 is 2.29 bits per heavy atom. The molecule has 0 spiro atoms. The highest BCUT2D eigenvalue weighted by molar-refractivity contribution is 7.89. The summed E-state index contributed by atoms with van der Waals surface area (Å²) in [5.74, 6) is -0.560. The number of sulfonamides is 1. The largest absolute Gasteiger partial charge is 0.416 e. The van der Waals surface area contributed by atoms with Crippen molar-refractivity contribution in [3.8, 4) is 0 Å². The van der Waals surface area contributed by atoms with Crippen molar-refractivity contribution in [1.29, 1.82) is 0 Å². The monoisotopic (exact) mass is 515 g/mol. The Morgan fingerprint density at radius 2 is 1.65 bits per heavy atom. The molecule has 0 unspecified atom stereocenters. The summed E-state index contributed by atoms with van der Waals surface area (Å²) in [6, 6.07) is 11.1. The molecule has 2 aliphatic rings. The molecule has 2 aliphatic heterocycles. The number of carbonyl (C=O) groups excluding carboxylic acids is 1. The standard InChI is InChI=1S/C23H25ClF3N3O3S/c24-19-6-8-21(9-7-19)34(32,33)30-10-2-3-17(16-30)22(31)29-13-11-28(12-14-29)20-5-1-4-18(15-20)23(25,26)27/h1,4-9,15,17H,2-3,10-14,16H2/t17-/m0/s1. The summed E-state index contributed by atoms with van der Waals surface area (Å²) >= 11 is 5.86. The minimum absolute atomic E-state index is 0.109. The van der Waals surface area contributed by atoms with Gasteiger partial charge in [-0.1, -0.05) is 17.7 Å². The molecule has 184 valence electrons. The molecule has 0 aromatic heterocycles. The third-order valence-corrected chi connectivity index (χ3v) is 8.45. The molecule has 0 radical (unpaired) electrons. The van der Waals surface area contributed by atoms with Crippen molar-refractivity contribution in [2.45, 2.75) is 23.9 Å². The fraction of sp³-hybridized carbons (Fsp3) is 0.435. The van der Waals surface area contributed by atoms with Gasteiger partial charge in [-0.25, -0.2) is 8.42 Å². The molecule has 0 bridgehead atoms. The lowest BCUT2D eigenvalue weighted by Crippen LogP contribution is -2.53. The van der Waals surface area contributed by atoms with Gasteiger partial charge in [-0.2, -0.15) is 17.5 Å². The molecule has 34 heavy (non-hydrogen) atoms. The van der Waals surface area contributed by atoms with Gasteiger partial charge < -0.3 is 9.80 Å². The Balaban J connectivity index is 1.38. The zero-order chi connectivity index (χ0) is 24.5. The van der Waals surface area contributed by atoms with Crippen LogP contribution in [0.15, 0.2) is 53.4 Å². The Hall–Kier alpha value is -2.30. The van der Waals surface area contributed by atoms with Crippen molar-refractivity contribution in [2.75, 3.05) is 44.2 Å². The first-order chi connectivity index (χ1) is 16.1. The Labute approximate surface area is 201 Å². The Kier molecular flexibility index (Phi) is 7.12. The second-order valence-electron chi connectivity index (χ2n) is 8.52. The average molecular weight is 516 g/mol. The molecule has 1 atom stereocenters. The number of piperidine rings is 1. The number of piperazine rings is 1. The molecular weight excluding hydrogens is 491 g/mol. The van der Waals surface area contributed by atoms with Gasteiger partial charge in [0, 0.05) is 50.0 Å². The number of hydrogen-bond donors (Lipinski definition) is 0. The normalized spacial score (nSPS) is 20.4. The van der Waals surface area contributed by atoms with Crippen LogP contribution in [0.3, 0.4) is 0 Å². The van der Waals surface area contributed by atoms with Gasteiger partial charge in [0.05, 0.1) is 16.4 Å². The van der Waals surface area contributed by atoms with E-state index in [1.54, 1.807) is 11.0 Å². The van der Waals surface area contributed by atoms with Crippen molar-refractivity contribution in [3.63, 3.8) is 0 Å². The third-order valence-electron chi connectivity index (χ3n) is 6.31. The van der Waals surface area contributed by atoms with Crippen LogP contribution in [0, 0.1) is 5.92 Å². The van der Waals surface area contributed by atoms with Crippen LogP contribution in [0.2, 0.25) is 5.02 Å². The maximum absolute atomic E-state index is 13.2. The molecule has 1 amide bonds. The lowest BCUT2D eigenvalue weighted by molar-refractivity contribution is -0.137. The van der Waals surface area contributed by atoms with Crippen LogP contribution in [0.4, 0.5) is 18.9 Å². The molecule has 2 fully saturated rings. The van der Waals surface area contributed by atoms with E-state index in [2.05, 4.69) is 0 Å². The van der Waals surface area contributed by atoms with E-state index in [1.165, 1.54) is 34.6 Å². The molecule has 2 aromatic rings. The first-order valence-electron chi connectivity index (χ1n) is 11.0. The molecule has 11 heteroatoms. The van der Waals surface area contributed by atoms with Crippen LogP contribution < -0.4 is 4.90 Å². The topological polar surface area (TPSA) is 60.9 Å². The summed E-state index contributed by atoms with van der Waals surface area (Å²) in [5.41, 5.74) is -0.229. The summed E-state index contributed by atoms with van der Waals surface area (Å²) in [6.07, 6.45) is -3.24. The van der Waals surface area contributed by atoms with Crippen LogP contribution in [-0.4, -0.2) is 62.8 Å². The number of hydrogen-bond acceptors (Lipinski definition) is 4. The first-order valence-corrected chi connectivity index (χ1v) is 12.8. The van der Waals surface area contributed by atoms with E-state index in [-0.39, 0.29) is 17.3 Å². The molecule has 4 rings (SSSR count). The van der Waals surface area contributed by atoms with Crippen LogP contribution in [-0.2, 0) is 21.0 Å². The number of alkyl halides is 3. The van der Waals surface area contributed by atoms with Crippen molar-refractivity contribution >= 4 is 33.2 Å². The molecule has 6 nitrogen and oxygen atoms in total. The van der Waals surface area contributed by atoms with E-state index >= 15 is 0 Å². The van der Waals surface area contributed by atoms with E-state index in [1.807, 2.05) is 4.90 Å². The number of carbonyl (C=O) groups is 1. The van der Waals surface area contributed by atoms with E-state index < -0.39 is 27.7 Å². The highest BCUT2D eigenvalue weighted by atomic mass is 35.5. The maximum Gasteiger partial charge on any atom is 0.416 e. The third kappa shape index (κ3) is 5.34. The number of benzene rings is 2. The molecular formula is C23H25ClF3N3O3S. The quantitative estimate of drug-likeness (QED) is 0.615. The van der Waals surface area contributed by atoms with Gasteiger partial charge in [-0.15, -0.1) is 0 Å². The average Bonchev–Trinajstić information content (AvgIpc) is 2.83. The second kappa shape index (κ2) is 9.75.